The molecule has 0 spiro atoms. The predicted octanol–water partition coefficient (Wildman–Crippen LogP) is 3.18. The van der Waals surface area contributed by atoms with E-state index in [9.17, 15) is 14.9 Å². The Kier molecular flexibility index (Phi) is 7.11. The Morgan fingerprint density at radius 1 is 1.43 bits per heavy atom. The Morgan fingerprint density at radius 3 is 2.76 bits per heavy atom. The average Bonchev–Trinajstić information content (AvgIpc) is 2.42. The topological polar surface area (TPSA) is 81.5 Å². The van der Waals surface area contributed by atoms with E-state index in [0.717, 1.165) is 12.8 Å². The quantitative estimate of drug-likeness (QED) is 0.454. The number of benzene rings is 1. The van der Waals surface area contributed by atoms with Crippen molar-refractivity contribution >= 4 is 23.2 Å². The summed E-state index contributed by atoms with van der Waals surface area (Å²) < 4.78 is 5.39. The van der Waals surface area contributed by atoms with Gasteiger partial charge < -0.3 is 10.1 Å². The van der Waals surface area contributed by atoms with Crippen molar-refractivity contribution in [3.63, 3.8) is 0 Å². The molecular weight excluding hydrogens is 296 g/mol. The molecule has 1 aromatic rings. The molecular formula is C14H19ClN2O4. The molecule has 0 atom stereocenters. The standard InChI is InChI=1S/C14H19ClN2O4/c1-10(2)21-8-4-3-7-16-14(18)12-9-11(17(19)20)5-6-13(12)15/h5-6,9-10H,3-4,7-8H2,1-2H3,(H,16,18). The number of nitrogens with zero attached hydrogens (tertiary/aromatic N) is 1. The second-order valence-corrected chi connectivity index (χ2v) is 5.21. The van der Waals surface area contributed by atoms with E-state index in [1.807, 2.05) is 13.8 Å². The molecule has 0 radical (unpaired) electrons. The first-order valence-electron chi connectivity index (χ1n) is 6.75. The highest BCUT2D eigenvalue weighted by molar-refractivity contribution is 6.33. The van der Waals surface area contributed by atoms with Gasteiger partial charge in [-0.25, -0.2) is 0 Å². The van der Waals surface area contributed by atoms with E-state index in [1.54, 1.807) is 0 Å². The van der Waals surface area contributed by atoms with Gasteiger partial charge in [0, 0.05) is 25.3 Å². The predicted molar refractivity (Wildman–Crippen MR) is 80.8 cm³/mol. The zero-order chi connectivity index (χ0) is 15.8. The molecule has 1 rings (SSSR count). The Balaban J connectivity index is 2.45. The third kappa shape index (κ3) is 6.10. The summed E-state index contributed by atoms with van der Waals surface area (Å²) in [6.45, 7) is 5.04. The van der Waals surface area contributed by atoms with Crippen LogP contribution in [0.1, 0.15) is 37.0 Å². The number of rotatable bonds is 8. The summed E-state index contributed by atoms with van der Waals surface area (Å²) in [7, 11) is 0. The van der Waals surface area contributed by atoms with Crippen molar-refractivity contribution in [2.45, 2.75) is 32.8 Å². The van der Waals surface area contributed by atoms with E-state index in [2.05, 4.69) is 5.32 Å². The second-order valence-electron chi connectivity index (χ2n) is 4.80. The number of nitro benzene ring substituents is 1. The van der Waals surface area contributed by atoms with Crippen LogP contribution in [0, 0.1) is 10.1 Å². The second kappa shape index (κ2) is 8.59. The first kappa shape index (κ1) is 17.4. The number of ether oxygens (including phenoxy) is 1. The fourth-order valence-corrected chi connectivity index (χ4v) is 1.85. The third-order valence-electron chi connectivity index (χ3n) is 2.71. The molecule has 0 aliphatic rings. The number of nitrogens with one attached hydrogen (secondary N) is 1. The molecule has 0 saturated heterocycles. The maximum Gasteiger partial charge on any atom is 0.270 e. The van der Waals surface area contributed by atoms with Crippen LogP contribution in [0.2, 0.25) is 5.02 Å². The van der Waals surface area contributed by atoms with E-state index in [-0.39, 0.29) is 22.4 Å². The van der Waals surface area contributed by atoms with Crippen LogP contribution in [-0.2, 0) is 4.74 Å². The van der Waals surface area contributed by atoms with Crippen LogP contribution in [0.25, 0.3) is 0 Å². The van der Waals surface area contributed by atoms with E-state index < -0.39 is 10.8 Å². The minimum atomic E-state index is -0.559. The van der Waals surface area contributed by atoms with Gasteiger partial charge in [-0.3, -0.25) is 14.9 Å². The lowest BCUT2D eigenvalue weighted by Crippen LogP contribution is -2.25. The van der Waals surface area contributed by atoms with E-state index >= 15 is 0 Å². The zero-order valence-corrected chi connectivity index (χ0v) is 12.9. The zero-order valence-electron chi connectivity index (χ0n) is 12.1. The molecule has 1 N–H and O–H groups in total. The highest BCUT2D eigenvalue weighted by Crippen LogP contribution is 2.21. The molecule has 1 aromatic carbocycles. The van der Waals surface area contributed by atoms with Gasteiger partial charge in [-0.05, 0) is 32.8 Å². The molecule has 0 saturated carbocycles. The van der Waals surface area contributed by atoms with Gasteiger partial charge in [0.25, 0.3) is 11.6 Å². The van der Waals surface area contributed by atoms with E-state index in [0.29, 0.717) is 13.2 Å². The fourth-order valence-electron chi connectivity index (χ4n) is 1.64. The molecule has 1 amide bonds. The van der Waals surface area contributed by atoms with Crippen LogP contribution in [0.4, 0.5) is 5.69 Å². The molecule has 0 bridgehead atoms. The van der Waals surface area contributed by atoms with Gasteiger partial charge in [-0.15, -0.1) is 0 Å². The maximum atomic E-state index is 11.9. The molecule has 6 nitrogen and oxygen atoms in total. The van der Waals surface area contributed by atoms with Gasteiger partial charge in [0.1, 0.15) is 0 Å². The maximum absolute atomic E-state index is 11.9. The van der Waals surface area contributed by atoms with Crippen LogP contribution >= 0.6 is 11.6 Å². The van der Waals surface area contributed by atoms with Crippen LogP contribution in [-0.4, -0.2) is 30.1 Å². The lowest BCUT2D eigenvalue weighted by Gasteiger charge is -2.08. The molecule has 116 valence electrons. The van der Waals surface area contributed by atoms with Crippen molar-refractivity contribution in [3.8, 4) is 0 Å². The molecule has 0 unspecified atom stereocenters. The summed E-state index contributed by atoms with van der Waals surface area (Å²) >= 11 is 5.89. The van der Waals surface area contributed by atoms with Gasteiger partial charge in [0.2, 0.25) is 0 Å². The van der Waals surface area contributed by atoms with Gasteiger partial charge >= 0.3 is 0 Å². The van der Waals surface area contributed by atoms with Crippen LogP contribution in [0.3, 0.4) is 0 Å². The number of carbonyl (C=O) groups excluding carboxylic acids is 1. The number of carbonyl (C=O) groups is 1. The summed E-state index contributed by atoms with van der Waals surface area (Å²) in [5, 5.41) is 13.6. The lowest BCUT2D eigenvalue weighted by molar-refractivity contribution is -0.384. The van der Waals surface area contributed by atoms with E-state index in [1.165, 1.54) is 18.2 Å². The molecule has 0 fully saturated rings. The Morgan fingerprint density at radius 2 is 2.14 bits per heavy atom. The number of hydrogen-bond donors (Lipinski definition) is 1. The molecule has 0 aromatic heterocycles. The molecule has 0 aliphatic heterocycles. The number of amides is 1. The highest BCUT2D eigenvalue weighted by atomic mass is 35.5. The van der Waals surface area contributed by atoms with E-state index in [4.69, 9.17) is 16.3 Å². The normalized spacial score (nSPS) is 10.7. The highest BCUT2D eigenvalue weighted by Gasteiger charge is 2.15. The number of halogens is 1. The lowest BCUT2D eigenvalue weighted by atomic mass is 10.2. The fraction of sp³-hybridized carbons (Fsp3) is 0.500. The number of non-ortho nitro benzene ring substituents is 1. The summed E-state index contributed by atoms with van der Waals surface area (Å²) in [6.07, 6.45) is 1.80. The number of hydrogen-bond acceptors (Lipinski definition) is 4. The smallest absolute Gasteiger partial charge is 0.270 e. The first-order valence-corrected chi connectivity index (χ1v) is 7.13. The van der Waals surface area contributed by atoms with Crippen LogP contribution in [0.15, 0.2) is 18.2 Å². The average molecular weight is 315 g/mol. The van der Waals surface area contributed by atoms with Crippen molar-refractivity contribution in [2.75, 3.05) is 13.2 Å². The SMILES string of the molecule is CC(C)OCCCCNC(=O)c1cc([N+](=O)[O-])ccc1Cl. The van der Waals surface area contributed by atoms with Gasteiger partial charge in [-0.1, -0.05) is 11.6 Å². The van der Waals surface area contributed by atoms with Crippen LogP contribution in [0.5, 0.6) is 0 Å². The summed E-state index contributed by atoms with van der Waals surface area (Å²) in [6, 6.07) is 3.80. The number of unbranched alkanes of at least 4 members (excludes halogenated alkanes) is 1. The first-order chi connectivity index (χ1) is 9.91. The summed E-state index contributed by atoms with van der Waals surface area (Å²) in [4.78, 5) is 22.1. The monoisotopic (exact) mass is 314 g/mol. The Hall–Kier alpha value is -1.66. The van der Waals surface area contributed by atoms with Crippen molar-refractivity contribution < 1.29 is 14.5 Å². The van der Waals surface area contributed by atoms with Crippen LogP contribution < -0.4 is 5.32 Å². The van der Waals surface area contributed by atoms with Gasteiger partial charge in [0.15, 0.2) is 0 Å². The molecule has 21 heavy (non-hydrogen) atoms. The Labute approximate surface area is 128 Å². The molecule has 7 heteroatoms. The van der Waals surface area contributed by atoms with Crippen molar-refractivity contribution in [3.05, 3.63) is 38.9 Å². The summed E-state index contributed by atoms with van der Waals surface area (Å²) in [5.41, 5.74) is -0.0424. The largest absolute Gasteiger partial charge is 0.379 e. The minimum Gasteiger partial charge on any atom is -0.379 e. The van der Waals surface area contributed by atoms with Gasteiger partial charge in [0.05, 0.1) is 21.6 Å². The summed E-state index contributed by atoms with van der Waals surface area (Å²) in [5.74, 6) is -0.409. The molecule has 0 heterocycles. The minimum absolute atomic E-state index is 0.115. The van der Waals surface area contributed by atoms with Crippen molar-refractivity contribution in [1.82, 2.24) is 5.32 Å². The number of nitro groups is 1. The van der Waals surface area contributed by atoms with Crippen molar-refractivity contribution in [1.29, 1.82) is 0 Å². The van der Waals surface area contributed by atoms with Gasteiger partial charge in [-0.2, -0.15) is 0 Å². The molecule has 0 aliphatic carbocycles. The Bertz CT molecular complexity index is 506. The van der Waals surface area contributed by atoms with Crippen molar-refractivity contribution in [2.24, 2.45) is 0 Å². The third-order valence-corrected chi connectivity index (χ3v) is 3.04.